The molecule has 0 bridgehead atoms. The Morgan fingerprint density at radius 3 is 2.68 bits per heavy atom. The Bertz CT molecular complexity index is 659. The Hall–Kier alpha value is -2.47. The number of nitrogens with one attached hydrogen (secondary N) is 2. The molecule has 0 atom stereocenters. The molecule has 22 heavy (non-hydrogen) atoms. The maximum atomic E-state index is 12.9. The highest BCUT2D eigenvalue weighted by Gasteiger charge is 2.02. The summed E-state index contributed by atoms with van der Waals surface area (Å²) in [6, 6.07) is 13.7. The molecule has 0 aliphatic carbocycles. The van der Waals surface area contributed by atoms with Crippen molar-refractivity contribution in [3.8, 4) is 5.75 Å². The van der Waals surface area contributed by atoms with E-state index in [0.29, 0.717) is 17.5 Å². The third kappa shape index (κ3) is 4.82. The number of hydrogen-bond acceptors (Lipinski definition) is 3. The van der Waals surface area contributed by atoms with E-state index in [1.165, 1.54) is 12.1 Å². The molecular formula is C16H16FN3OS. The fourth-order valence-electron chi connectivity index (χ4n) is 1.68. The van der Waals surface area contributed by atoms with Crippen molar-refractivity contribution in [2.24, 2.45) is 5.10 Å². The lowest BCUT2D eigenvalue weighted by Crippen LogP contribution is -2.28. The second-order valence-corrected chi connectivity index (χ2v) is 4.81. The van der Waals surface area contributed by atoms with Gasteiger partial charge in [0.2, 0.25) is 0 Å². The average molecular weight is 317 g/mol. The summed E-state index contributed by atoms with van der Waals surface area (Å²) in [4.78, 5) is 0. The lowest BCUT2D eigenvalue weighted by molar-refractivity contribution is 0.305. The van der Waals surface area contributed by atoms with Crippen molar-refractivity contribution in [3.63, 3.8) is 0 Å². The molecular weight excluding hydrogens is 301 g/mol. The van der Waals surface area contributed by atoms with E-state index in [2.05, 4.69) is 15.8 Å². The number of hydrazone groups is 1. The first kappa shape index (κ1) is 15.9. The standard InChI is InChI=1S/C16H16FN3OS/c1-18-16(22)20-19-10-13-4-2-3-5-15(13)21-11-12-6-8-14(17)9-7-12/h2-10H,11H2,1H3,(H2,18,20,22)/b19-10+. The molecule has 0 aliphatic heterocycles. The molecule has 0 saturated heterocycles. The van der Waals surface area contributed by atoms with E-state index in [-0.39, 0.29) is 5.82 Å². The maximum Gasteiger partial charge on any atom is 0.186 e. The summed E-state index contributed by atoms with van der Waals surface area (Å²) >= 11 is 4.93. The lowest BCUT2D eigenvalue weighted by atomic mass is 10.2. The Labute approximate surface area is 134 Å². The van der Waals surface area contributed by atoms with Crippen LogP contribution >= 0.6 is 12.2 Å². The average Bonchev–Trinajstić information content (AvgIpc) is 2.55. The third-order valence-electron chi connectivity index (χ3n) is 2.82. The minimum Gasteiger partial charge on any atom is -0.488 e. The summed E-state index contributed by atoms with van der Waals surface area (Å²) in [7, 11) is 1.71. The summed E-state index contributed by atoms with van der Waals surface area (Å²) in [5, 5.41) is 7.22. The van der Waals surface area contributed by atoms with Crippen LogP contribution < -0.4 is 15.5 Å². The van der Waals surface area contributed by atoms with Crippen molar-refractivity contribution >= 4 is 23.5 Å². The topological polar surface area (TPSA) is 45.7 Å². The quantitative estimate of drug-likeness (QED) is 0.506. The van der Waals surface area contributed by atoms with E-state index in [4.69, 9.17) is 17.0 Å². The van der Waals surface area contributed by atoms with Crippen LogP contribution in [0.3, 0.4) is 0 Å². The Balaban J connectivity index is 2.01. The number of rotatable bonds is 5. The smallest absolute Gasteiger partial charge is 0.186 e. The predicted octanol–water partition coefficient (Wildman–Crippen LogP) is 2.83. The second-order valence-electron chi connectivity index (χ2n) is 4.40. The van der Waals surface area contributed by atoms with Gasteiger partial charge in [-0.3, -0.25) is 5.43 Å². The van der Waals surface area contributed by atoms with Crippen LogP contribution in [0.5, 0.6) is 5.75 Å². The van der Waals surface area contributed by atoms with Crippen LogP contribution in [-0.4, -0.2) is 18.4 Å². The largest absolute Gasteiger partial charge is 0.488 e. The lowest BCUT2D eigenvalue weighted by Gasteiger charge is -2.09. The number of thiocarbonyl (C=S) groups is 1. The number of halogens is 1. The van der Waals surface area contributed by atoms with Gasteiger partial charge in [0.05, 0.1) is 6.21 Å². The van der Waals surface area contributed by atoms with Crippen LogP contribution in [0.1, 0.15) is 11.1 Å². The molecule has 0 amide bonds. The van der Waals surface area contributed by atoms with Gasteiger partial charge in [-0.25, -0.2) is 4.39 Å². The number of hydrogen-bond donors (Lipinski definition) is 2. The number of nitrogens with zero attached hydrogens (tertiary/aromatic N) is 1. The van der Waals surface area contributed by atoms with Crippen LogP contribution in [0.4, 0.5) is 4.39 Å². The zero-order chi connectivity index (χ0) is 15.8. The highest BCUT2D eigenvalue weighted by Crippen LogP contribution is 2.17. The summed E-state index contributed by atoms with van der Waals surface area (Å²) in [5.41, 5.74) is 4.39. The Morgan fingerprint density at radius 1 is 1.23 bits per heavy atom. The van der Waals surface area contributed by atoms with Gasteiger partial charge in [0, 0.05) is 12.6 Å². The zero-order valence-electron chi connectivity index (χ0n) is 12.0. The van der Waals surface area contributed by atoms with Crippen molar-refractivity contribution in [3.05, 3.63) is 65.5 Å². The molecule has 2 rings (SSSR count). The zero-order valence-corrected chi connectivity index (χ0v) is 12.9. The van der Waals surface area contributed by atoms with E-state index in [0.717, 1.165) is 11.1 Å². The van der Waals surface area contributed by atoms with Crippen LogP contribution in [0.2, 0.25) is 0 Å². The first-order chi connectivity index (χ1) is 10.7. The highest BCUT2D eigenvalue weighted by molar-refractivity contribution is 7.80. The molecule has 0 saturated carbocycles. The van der Waals surface area contributed by atoms with Crippen LogP contribution in [0.25, 0.3) is 0 Å². The number of para-hydroxylation sites is 1. The first-order valence-electron chi connectivity index (χ1n) is 6.66. The molecule has 6 heteroatoms. The molecule has 0 heterocycles. The van der Waals surface area contributed by atoms with Gasteiger partial charge in [0.1, 0.15) is 18.2 Å². The molecule has 0 aliphatic rings. The molecule has 2 N–H and O–H groups in total. The van der Waals surface area contributed by atoms with Crippen LogP contribution in [-0.2, 0) is 6.61 Å². The SMILES string of the molecule is CNC(=S)N/N=C/c1ccccc1OCc1ccc(F)cc1. The van der Waals surface area contributed by atoms with Crippen molar-refractivity contribution in [2.75, 3.05) is 7.05 Å². The number of ether oxygens (including phenoxy) is 1. The first-order valence-corrected chi connectivity index (χ1v) is 7.07. The minimum atomic E-state index is -0.261. The van der Waals surface area contributed by atoms with E-state index in [1.807, 2.05) is 24.3 Å². The van der Waals surface area contributed by atoms with E-state index in [1.54, 1.807) is 25.4 Å². The Kier molecular flexibility index (Phi) is 5.85. The highest BCUT2D eigenvalue weighted by atomic mass is 32.1. The van der Waals surface area contributed by atoms with Gasteiger partial charge < -0.3 is 10.1 Å². The van der Waals surface area contributed by atoms with Gasteiger partial charge >= 0.3 is 0 Å². The van der Waals surface area contributed by atoms with Gasteiger partial charge in [0.15, 0.2) is 5.11 Å². The molecule has 2 aromatic rings. The van der Waals surface area contributed by atoms with Crippen molar-refractivity contribution in [1.82, 2.24) is 10.7 Å². The van der Waals surface area contributed by atoms with Crippen LogP contribution in [0.15, 0.2) is 53.6 Å². The van der Waals surface area contributed by atoms with Crippen molar-refractivity contribution in [1.29, 1.82) is 0 Å². The van der Waals surface area contributed by atoms with Gasteiger partial charge in [-0.05, 0) is 42.0 Å². The van der Waals surface area contributed by atoms with E-state index in [9.17, 15) is 4.39 Å². The van der Waals surface area contributed by atoms with Gasteiger partial charge in [0.25, 0.3) is 0 Å². The Morgan fingerprint density at radius 2 is 1.95 bits per heavy atom. The van der Waals surface area contributed by atoms with Crippen molar-refractivity contribution < 1.29 is 9.13 Å². The molecule has 4 nitrogen and oxygen atoms in total. The molecule has 2 aromatic carbocycles. The number of benzene rings is 2. The normalized spacial score (nSPS) is 10.5. The third-order valence-corrected chi connectivity index (χ3v) is 3.12. The summed E-state index contributed by atoms with van der Waals surface area (Å²) in [5.74, 6) is 0.426. The summed E-state index contributed by atoms with van der Waals surface area (Å²) < 4.78 is 18.6. The van der Waals surface area contributed by atoms with E-state index >= 15 is 0 Å². The monoisotopic (exact) mass is 317 g/mol. The van der Waals surface area contributed by atoms with Crippen molar-refractivity contribution in [2.45, 2.75) is 6.61 Å². The molecule has 0 aromatic heterocycles. The van der Waals surface area contributed by atoms with Gasteiger partial charge in [-0.2, -0.15) is 5.10 Å². The van der Waals surface area contributed by atoms with E-state index < -0.39 is 0 Å². The molecule has 0 fully saturated rings. The molecule has 0 radical (unpaired) electrons. The van der Waals surface area contributed by atoms with Gasteiger partial charge in [-0.1, -0.05) is 24.3 Å². The maximum absolute atomic E-state index is 12.9. The van der Waals surface area contributed by atoms with Crippen LogP contribution in [0, 0.1) is 5.82 Å². The fraction of sp³-hybridized carbons (Fsp3) is 0.125. The molecule has 0 spiro atoms. The minimum absolute atomic E-state index is 0.261. The molecule has 114 valence electrons. The van der Waals surface area contributed by atoms with Gasteiger partial charge in [-0.15, -0.1) is 0 Å². The molecule has 0 unspecified atom stereocenters. The fourth-order valence-corrected chi connectivity index (χ4v) is 1.73. The second kappa shape index (κ2) is 8.09. The predicted molar refractivity (Wildman–Crippen MR) is 89.6 cm³/mol. The summed E-state index contributed by atoms with van der Waals surface area (Å²) in [6.45, 7) is 0.355. The summed E-state index contributed by atoms with van der Waals surface area (Å²) in [6.07, 6.45) is 1.63.